The summed E-state index contributed by atoms with van der Waals surface area (Å²) in [6.07, 6.45) is 1.64. The highest BCUT2D eigenvalue weighted by Crippen LogP contribution is 2.32. The van der Waals surface area contributed by atoms with Gasteiger partial charge in [-0.3, -0.25) is 4.79 Å². The SMILES string of the molecule is COC(=O)c1ccccc1N=C1NC(=O)/C(=C\c2ccc(OCC(=O)O)c(OC)c2)S1. The number of aliphatic imine (C=N–C) groups is 1. The fourth-order valence-corrected chi connectivity index (χ4v) is 3.46. The molecule has 3 rings (SSSR count). The lowest BCUT2D eigenvalue weighted by molar-refractivity contribution is -0.139. The third kappa shape index (κ3) is 5.43. The largest absolute Gasteiger partial charge is 0.493 e. The molecule has 0 radical (unpaired) electrons. The zero-order chi connectivity index (χ0) is 22.4. The number of thioether (sulfide) groups is 1. The Balaban J connectivity index is 1.83. The average Bonchev–Trinajstić information content (AvgIpc) is 3.10. The standard InChI is InChI=1S/C21H18N2O7S/c1-28-16-9-12(7-8-15(16)30-11-18(24)25)10-17-19(26)23-21(31-17)22-14-6-4-3-5-13(14)20(27)29-2/h3-10H,11H2,1-2H3,(H,24,25)(H,22,23,26)/b17-10+. The van der Waals surface area contributed by atoms with Crippen LogP contribution in [-0.4, -0.2) is 48.9 Å². The number of aliphatic carboxylic acids is 1. The number of benzene rings is 2. The number of amidine groups is 1. The van der Waals surface area contributed by atoms with E-state index in [4.69, 9.17) is 19.3 Å². The van der Waals surface area contributed by atoms with E-state index in [1.54, 1.807) is 48.5 Å². The summed E-state index contributed by atoms with van der Waals surface area (Å²) in [5.41, 5.74) is 1.31. The number of rotatable bonds is 7. The molecule has 10 heteroatoms. The fourth-order valence-electron chi connectivity index (χ4n) is 2.63. The van der Waals surface area contributed by atoms with Gasteiger partial charge in [-0.1, -0.05) is 18.2 Å². The molecule has 2 aromatic rings. The number of carbonyl (C=O) groups is 3. The molecule has 1 saturated heterocycles. The summed E-state index contributed by atoms with van der Waals surface area (Å²) < 4.78 is 15.2. The molecule has 0 aromatic heterocycles. The van der Waals surface area contributed by atoms with E-state index in [1.807, 2.05) is 0 Å². The Kier molecular flexibility index (Phi) is 6.93. The predicted octanol–water partition coefficient (Wildman–Crippen LogP) is 2.84. The third-order valence-electron chi connectivity index (χ3n) is 4.02. The molecular formula is C21H18N2O7S. The molecule has 1 aliphatic heterocycles. The van der Waals surface area contributed by atoms with Gasteiger partial charge >= 0.3 is 11.9 Å². The van der Waals surface area contributed by atoms with Gasteiger partial charge in [-0.2, -0.15) is 0 Å². The molecule has 1 aliphatic rings. The lowest BCUT2D eigenvalue weighted by atomic mass is 10.2. The zero-order valence-corrected chi connectivity index (χ0v) is 17.4. The molecule has 1 fully saturated rings. The van der Waals surface area contributed by atoms with Crippen LogP contribution >= 0.6 is 11.8 Å². The molecule has 0 aliphatic carbocycles. The van der Waals surface area contributed by atoms with E-state index in [0.717, 1.165) is 11.8 Å². The second kappa shape index (κ2) is 9.81. The maximum Gasteiger partial charge on any atom is 0.341 e. The van der Waals surface area contributed by atoms with Crippen LogP contribution < -0.4 is 14.8 Å². The number of carbonyl (C=O) groups excluding carboxylic acids is 2. The van der Waals surface area contributed by atoms with Gasteiger partial charge in [0.15, 0.2) is 23.3 Å². The van der Waals surface area contributed by atoms with E-state index >= 15 is 0 Å². The van der Waals surface area contributed by atoms with Crippen molar-refractivity contribution < 1.29 is 33.7 Å². The van der Waals surface area contributed by atoms with Crippen LogP contribution in [0.2, 0.25) is 0 Å². The van der Waals surface area contributed by atoms with Crippen molar-refractivity contribution in [3.63, 3.8) is 0 Å². The molecule has 9 nitrogen and oxygen atoms in total. The van der Waals surface area contributed by atoms with Crippen LogP contribution in [0.3, 0.4) is 0 Å². The Labute approximate surface area is 181 Å². The summed E-state index contributed by atoms with van der Waals surface area (Å²) >= 11 is 1.12. The van der Waals surface area contributed by atoms with Gasteiger partial charge < -0.3 is 24.6 Å². The van der Waals surface area contributed by atoms with Gasteiger partial charge in [-0.25, -0.2) is 14.6 Å². The van der Waals surface area contributed by atoms with Crippen LogP contribution in [0.1, 0.15) is 15.9 Å². The Morgan fingerprint density at radius 2 is 1.94 bits per heavy atom. The van der Waals surface area contributed by atoms with E-state index in [0.29, 0.717) is 27.1 Å². The highest BCUT2D eigenvalue weighted by atomic mass is 32.2. The Hall–Kier alpha value is -3.79. The van der Waals surface area contributed by atoms with Crippen LogP contribution in [0, 0.1) is 0 Å². The van der Waals surface area contributed by atoms with E-state index in [1.165, 1.54) is 14.2 Å². The highest BCUT2D eigenvalue weighted by Gasteiger charge is 2.25. The summed E-state index contributed by atoms with van der Waals surface area (Å²) in [5.74, 6) is -1.36. The number of esters is 1. The number of methoxy groups -OCH3 is 2. The summed E-state index contributed by atoms with van der Waals surface area (Å²) in [7, 11) is 2.71. The smallest absolute Gasteiger partial charge is 0.341 e. The minimum Gasteiger partial charge on any atom is -0.493 e. The quantitative estimate of drug-likeness (QED) is 0.496. The molecule has 0 bridgehead atoms. The second-order valence-corrected chi connectivity index (χ2v) is 7.11. The number of hydrogen-bond acceptors (Lipinski definition) is 8. The number of carboxylic acids is 1. The number of nitrogens with one attached hydrogen (secondary N) is 1. The molecule has 2 aromatic carbocycles. The molecular weight excluding hydrogens is 424 g/mol. The molecule has 2 N–H and O–H groups in total. The number of carboxylic acid groups (broad SMARTS) is 1. The molecule has 0 saturated carbocycles. The first-order valence-corrected chi connectivity index (χ1v) is 9.72. The van der Waals surface area contributed by atoms with E-state index < -0.39 is 18.5 Å². The number of ether oxygens (including phenoxy) is 3. The lowest BCUT2D eigenvalue weighted by Gasteiger charge is -2.09. The Morgan fingerprint density at radius 1 is 1.16 bits per heavy atom. The maximum atomic E-state index is 12.4. The average molecular weight is 442 g/mol. The Morgan fingerprint density at radius 3 is 2.65 bits per heavy atom. The van der Waals surface area contributed by atoms with E-state index in [2.05, 4.69) is 10.3 Å². The van der Waals surface area contributed by atoms with Gasteiger partial charge in [-0.15, -0.1) is 0 Å². The number of para-hydroxylation sites is 1. The van der Waals surface area contributed by atoms with E-state index in [-0.39, 0.29) is 17.2 Å². The van der Waals surface area contributed by atoms with Crippen LogP contribution in [0.5, 0.6) is 11.5 Å². The maximum absolute atomic E-state index is 12.4. The molecule has 0 atom stereocenters. The minimum atomic E-state index is -1.10. The van der Waals surface area contributed by atoms with Crippen molar-refractivity contribution in [2.75, 3.05) is 20.8 Å². The number of amides is 1. The van der Waals surface area contributed by atoms with E-state index in [9.17, 15) is 14.4 Å². The van der Waals surface area contributed by atoms with Crippen molar-refractivity contribution >= 4 is 46.5 Å². The Bertz CT molecular complexity index is 1090. The van der Waals surface area contributed by atoms with Gasteiger partial charge in [0, 0.05) is 0 Å². The van der Waals surface area contributed by atoms with Crippen LogP contribution in [0.15, 0.2) is 52.4 Å². The van der Waals surface area contributed by atoms with Crippen LogP contribution in [-0.2, 0) is 14.3 Å². The second-order valence-electron chi connectivity index (χ2n) is 6.08. The summed E-state index contributed by atoms with van der Waals surface area (Å²) in [4.78, 5) is 39.7. The summed E-state index contributed by atoms with van der Waals surface area (Å²) in [6, 6.07) is 11.5. The van der Waals surface area contributed by atoms with Crippen molar-refractivity contribution in [2.24, 2.45) is 4.99 Å². The number of hydrogen-bond donors (Lipinski definition) is 2. The predicted molar refractivity (Wildman–Crippen MR) is 115 cm³/mol. The molecule has 160 valence electrons. The van der Waals surface area contributed by atoms with Crippen LogP contribution in [0.4, 0.5) is 5.69 Å². The first-order valence-electron chi connectivity index (χ1n) is 8.91. The van der Waals surface area contributed by atoms with Crippen molar-refractivity contribution in [3.05, 3.63) is 58.5 Å². The molecule has 0 unspecified atom stereocenters. The monoisotopic (exact) mass is 442 g/mol. The number of nitrogens with zero attached hydrogens (tertiary/aromatic N) is 1. The van der Waals surface area contributed by atoms with Gasteiger partial charge in [0.2, 0.25) is 0 Å². The van der Waals surface area contributed by atoms with Crippen molar-refractivity contribution in [2.45, 2.75) is 0 Å². The van der Waals surface area contributed by atoms with Crippen molar-refractivity contribution in [3.8, 4) is 11.5 Å². The van der Waals surface area contributed by atoms with Crippen molar-refractivity contribution in [1.29, 1.82) is 0 Å². The first-order chi connectivity index (χ1) is 14.9. The molecule has 0 spiro atoms. The topological polar surface area (TPSA) is 124 Å². The zero-order valence-electron chi connectivity index (χ0n) is 16.6. The van der Waals surface area contributed by atoms with Crippen LogP contribution in [0.25, 0.3) is 6.08 Å². The molecule has 31 heavy (non-hydrogen) atoms. The summed E-state index contributed by atoms with van der Waals surface area (Å²) in [5, 5.41) is 11.7. The highest BCUT2D eigenvalue weighted by molar-refractivity contribution is 8.18. The van der Waals surface area contributed by atoms with Gasteiger partial charge in [0.05, 0.1) is 30.4 Å². The van der Waals surface area contributed by atoms with Gasteiger partial charge in [-0.05, 0) is 47.7 Å². The normalized spacial score (nSPS) is 15.6. The third-order valence-corrected chi connectivity index (χ3v) is 4.93. The first kappa shape index (κ1) is 21.9. The van der Waals surface area contributed by atoms with Crippen molar-refractivity contribution in [1.82, 2.24) is 5.32 Å². The summed E-state index contributed by atoms with van der Waals surface area (Å²) in [6.45, 7) is -0.498. The minimum absolute atomic E-state index is 0.275. The molecule has 1 amide bonds. The van der Waals surface area contributed by atoms with Gasteiger partial charge in [0.1, 0.15) is 0 Å². The van der Waals surface area contributed by atoms with Gasteiger partial charge in [0.25, 0.3) is 5.91 Å². The molecule has 1 heterocycles. The lowest BCUT2D eigenvalue weighted by Crippen LogP contribution is -2.19. The fraction of sp³-hybridized carbons (Fsp3) is 0.143.